The highest BCUT2D eigenvalue weighted by Crippen LogP contribution is 2.16. The van der Waals surface area contributed by atoms with E-state index in [1.807, 2.05) is 12.3 Å². The zero-order valence-electron chi connectivity index (χ0n) is 11.9. The molecule has 0 spiro atoms. The van der Waals surface area contributed by atoms with Crippen LogP contribution in [0.5, 0.6) is 0 Å². The molecule has 4 nitrogen and oxygen atoms in total. The molecule has 19 heavy (non-hydrogen) atoms. The van der Waals surface area contributed by atoms with Gasteiger partial charge in [-0.3, -0.25) is 4.79 Å². The molecule has 0 aliphatic heterocycles. The fourth-order valence-corrected chi connectivity index (χ4v) is 2.49. The molecule has 0 bridgehead atoms. The lowest BCUT2D eigenvalue weighted by molar-refractivity contribution is -0.143. The fourth-order valence-electron chi connectivity index (χ4n) is 1.71. The van der Waals surface area contributed by atoms with Crippen LogP contribution in [0.25, 0.3) is 0 Å². The van der Waals surface area contributed by atoms with Gasteiger partial charge in [-0.25, -0.2) is 4.98 Å². The third kappa shape index (κ3) is 7.15. The Labute approximate surface area is 119 Å². The predicted octanol–water partition coefficient (Wildman–Crippen LogP) is 3.63. The Morgan fingerprint density at radius 2 is 2.21 bits per heavy atom. The number of unbranched alkanes of at least 4 members (excludes halogenated alkanes) is 3. The number of nitrogens with zero attached hydrogens (tertiary/aromatic N) is 1. The van der Waals surface area contributed by atoms with Crippen molar-refractivity contribution >= 4 is 22.4 Å². The smallest absolute Gasteiger partial charge is 0.306 e. The number of nitrogens with one attached hydrogen (secondary N) is 1. The third-order valence-electron chi connectivity index (χ3n) is 2.75. The monoisotopic (exact) mass is 284 g/mol. The van der Waals surface area contributed by atoms with Crippen LogP contribution in [0.3, 0.4) is 0 Å². The summed E-state index contributed by atoms with van der Waals surface area (Å²) in [6.07, 6.45) is 6.08. The largest absolute Gasteiger partial charge is 0.466 e. The molecular weight excluding hydrogens is 260 g/mol. The number of rotatable bonds is 10. The molecule has 0 atom stereocenters. The van der Waals surface area contributed by atoms with Crippen LogP contribution in [0.1, 0.15) is 51.6 Å². The Morgan fingerprint density at radius 1 is 1.37 bits per heavy atom. The van der Waals surface area contributed by atoms with Gasteiger partial charge in [0.1, 0.15) is 0 Å². The van der Waals surface area contributed by atoms with Crippen LogP contribution in [0.15, 0.2) is 5.38 Å². The molecule has 0 fully saturated rings. The number of aromatic nitrogens is 1. The number of thiazole rings is 1. The van der Waals surface area contributed by atoms with Crippen molar-refractivity contribution in [2.45, 2.75) is 52.4 Å². The normalized spacial score (nSPS) is 10.4. The highest BCUT2D eigenvalue weighted by molar-refractivity contribution is 7.13. The summed E-state index contributed by atoms with van der Waals surface area (Å²) >= 11 is 1.60. The third-order valence-corrected chi connectivity index (χ3v) is 3.60. The van der Waals surface area contributed by atoms with Gasteiger partial charge in [0.2, 0.25) is 0 Å². The molecule has 0 saturated carbocycles. The van der Waals surface area contributed by atoms with Gasteiger partial charge in [0.15, 0.2) is 5.13 Å². The van der Waals surface area contributed by atoms with E-state index in [4.69, 9.17) is 4.74 Å². The van der Waals surface area contributed by atoms with Gasteiger partial charge >= 0.3 is 5.97 Å². The number of esters is 1. The van der Waals surface area contributed by atoms with Crippen molar-refractivity contribution in [3.63, 3.8) is 0 Å². The molecule has 1 aromatic heterocycles. The summed E-state index contributed by atoms with van der Waals surface area (Å²) < 4.78 is 4.89. The second kappa shape index (κ2) is 9.78. The summed E-state index contributed by atoms with van der Waals surface area (Å²) in [4.78, 5) is 15.7. The van der Waals surface area contributed by atoms with E-state index in [0.717, 1.165) is 17.4 Å². The van der Waals surface area contributed by atoms with Crippen LogP contribution in [0.4, 0.5) is 5.13 Å². The van der Waals surface area contributed by atoms with Gasteiger partial charge in [-0.05, 0) is 13.3 Å². The van der Waals surface area contributed by atoms with Crippen LogP contribution >= 0.6 is 11.3 Å². The first-order chi connectivity index (χ1) is 9.26. The van der Waals surface area contributed by atoms with Gasteiger partial charge in [-0.1, -0.05) is 26.2 Å². The molecule has 5 heteroatoms. The molecule has 108 valence electrons. The van der Waals surface area contributed by atoms with E-state index in [1.165, 1.54) is 25.7 Å². The summed E-state index contributed by atoms with van der Waals surface area (Å²) in [5.74, 6) is -0.149. The van der Waals surface area contributed by atoms with Gasteiger partial charge in [0.05, 0.1) is 18.7 Å². The minimum Gasteiger partial charge on any atom is -0.466 e. The van der Waals surface area contributed by atoms with E-state index < -0.39 is 0 Å². The summed E-state index contributed by atoms with van der Waals surface area (Å²) in [6, 6.07) is 0. The molecule has 0 amide bonds. The summed E-state index contributed by atoms with van der Waals surface area (Å²) in [5.41, 5.74) is 0.967. The van der Waals surface area contributed by atoms with Gasteiger partial charge < -0.3 is 10.1 Å². The van der Waals surface area contributed by atoms with E-state index in [-0.39, 0.29) is 5.97 Å². The average Bonchev–Trinajstić information content (AvgIpc) is 2.84. The lowest BCUT2D eigenvalue weighted by Gasteiger charge is -2.01. The second-order valence-electron chi connectivity index (χ2n) is 4.44. The van der Waals surface area contributed by atoms with E-state index in [2.05, 4.69) is 17.2 Å². The number of ether oxygens (including phenoxy) is 1. The Kier molecular flexibility index (Phi) is 8.21. The first kappa shape index (κ1) is 16.0. The maximum atomic E-state index is 11.2. The van der Waals surface area contributed by atoms with Gasteiger partial charge in [0.25, 0.3) is 0 Å². The second-order valence-corrected chi connectivity index (χ2v) is 5.29. The summed E-state index contributed by atoms with van der Waals surface area (Å²) in [6.45, 7) is 5.46. The standard InChI is InChI=1S/C14H24N2O2S/c1-3-5-6-7-10-15-14-16-12(11-19-14)8-9-13(17)18-4-2/h11H,3-10H2,1-2H3,(H,15,16). The highest BCUT2D eigenvalue weighted by atomic mass is 32.1. The topological polar surface area (TPSA) is 51.2 Å². The van der Waals surface area contributed by atoms with Crippen molar-refractivity contribution in [3.05, 3.63) is 11.1 Å². The number of hydrogen-bond acceptors (Lipinski definition) is 5. The lowest BCUT2D eigenvalue weighted by atomic mass is 10.2. The van der Waals surface area contributed by atoms with Gasteiger partial charge in [-0.2, -0.15) is 0 Å². The molecule has 1 aromatic rings. The molecule has 1 N–H and O–H groups in total. The Hall–Kier alpha value is -1.10. The predicted molar refractivity (Wildman–Crippen MR) is 79.7 cm³/mol. The highest BCUT2D eigenvalue weighted by Gasteiger charge is 2.06. The SMILES string of the molecule is CCCCCCNc1nc(CCC(=O)OCC)cs1. The van der Waals surface area contributed by atoms with Crippen LogP contribution < -0.4 is 5.32 Å². The molecule has 1 heterocycles. The Morgan fingerprint density at radius 3 is 2.95 bits per heavy atom. The quantitative estimate of drug-likeness (QED) is 0.526. The number of aryl methyl sites for hydroxylation is 1. The first-order valence-corrected chi connectivity index (χ1v) is 7.98. The molecule has 0 radical (unpaired) electrons. The summed E-state index contributed by atoms with van der Waals surface area (Å²) in [5, 5.41) is 6.29. The van der Waals surface area contributed by atoms with Crippen molar-refractivity contribution in [3.8, 4) is 0 Å². The van der Waals surface area contributed by atoms with Crippen molar-refractivity contribution < 1.29 is 9.53 Å². The summed E-state index contributed by atoms with van der Waals surface area (Å²) in [7, 11) is 0. The molecule has 1 rings (SSSR count). The molecule has 0 saturated heterocycles. The molecule has 0 unspecified atom stereocenters. The van der Waals surface area contributed by atoms with Crippen molar-refractivity contribution in [1.29, 1.82) is 0 Å². The van der Waals surface area contributed by atoms with Crippen LogP contribution in [-0.4, -0.2) is 24.1 Å². The molecule has 0 aliphatic carbocycles. The maximum absolute atomic E-state index is 11.2. The minimum atomic E-state index is -0.149. The fraction of sp³-hybridized carbons (Fsp3) is 0.714. The molecule has 0 aromatic carbocycles. The van der Waals surface area contributed by atoms with Crippen LogP contribution in [-0.2, 0) is 16.0 Å². The minimum absolute atomic E-state index is 0.149. The molecular formula is C14H24N2O2S. The lowest BCUT2D eigenvalue weighted by Crippen LogP contribution is -2.05. The van der Waals surface area contributed by atoms with Crippen molar-refractivity contribution in [2.24, 2.45) is 0 Å². The Balaban J connectivity index is 2.19. The van der Waals surface area contributed by atoms with Crippen LogP contribution in [0, 0.1) is 0 Å². The zero-order valence-corrected chi connectivity index (χ0v) is 12.7. The maximum Gasteiger partial charge on any atom is 0.306 e. The number of hydrogen-bond donors (Lipinski definition) is 1. The van der Waals surface area contributed by atoms with E-state index in [1.54, 1.807) is 11.3 Å². The number of anilines is 1. The Bertz CT molecular complexity index is 366. The van der Waals surface area contributed by atoms with E-state index >= 15 is 0 Å². The van der Waals surface area contributed by atoms with Gasteiger partial charge in [-0.15, -0.1) is 11.3 Å². The van der Waals surface area contributed by atoms with E-state index in [0.29, 0.717) is 19.4 Å². The first-order valence-electron chi connectivity index (χ1n) is 7.10. The average molecular weight is 284 g/mol. The van der Waals surface area contributed by atoms with Crippen molar-refractivity contribution in [2.75, 3.05) is 18.5 Å². The molecule has 0 aliphatic rings. The van der Waals surface area contributed by atoms with Crippen molar-refractivity contribution in [1.82, 2.24) is 4.98 Å². The number of carbonyl (C=O) groups is 1. The van der Waals surface area contributed by atoms with Crippen LogP contribution in [0.2, 0.25) is 0 Å². The number of carbonyl (C=O) groups excluding carboxylic acids is 1. The van der Waals surface area contributed by atoms with Gasteiger partial charge in [0, 0.05) is 18.3 Å². The zero-order chi connectivity index (χ0) is 13.9. The van der Waals surface area contributed by atoms with E-state index in [9.17, 15) is 4.79 Å².